The lowest BCUT2D eigenvalue weighted by Gasteiger charge is -2.43. The number of nitrogens with one attached hydrogen (secondary N) is 2. The van der Waals surface area contributed by atoms with Crippen LogP contribution in [0.15, 0.2) is 34.1 Å². The van der Waals surface area contributed by atoms with Crippen molar-refractivity contribution in [2.24, 2.45) is 4.99 Å². The van der Waals surface area contributed by atoms with Gasteiger partial charge in [-0.3, -0.25) is 15.0 Å². The van der Waals surface area contributed by atoms with Crippen LogP contribution in [0.3, 0.4) is 0 Å². The Balaban J connectivity index is 1.01. The molecule has 2 saturated heterocycles. The van der Waals surface area contributed by atoms with Gasteiger partial charge in [0, 0.05) is 52.7 Å². The molecule has 1 aromatic heterocycles. The molecule has 2 unspecified atom stereocenters. The number of aliphatic imine (C=N–C) groups is 1. The summed E-state index contributed by atoms with van der Waals surface area (Å²) in [4.78, 5) is 28.6. The largest absolute Gasteiger partial charge is 0.484 e. The van der Waals surface area contributed by atoms with Crippen LogP contribution in [0.5, 0.6) is 5.75 Å². The minimum Gasteiger partial charge on any atom is -0.484 e. The van der Waals surface area contributed by atoms with Gasteiger partial charge in [0.15, 0.2) is 18.1 Å². The molecule has 2 aromatic rings. The number of carbonyl (C=O) groups is 1. The van der Waals surface area contributed by atoms with Crippen LogP contribution >= 0.6 is 11.6 Å². The summed E-state index contributed by atoms with van der Waals surface area (Å²) in [6.45, 7) is 6.31. The van der Waals surface area contributed by atoms with E-state index in [1.807, 2.05) is 24.1 Å². The van der Waals surface area contributed by atoms with Gasteiger partial charge in [0.25, 0.3) is 0 Å². The summed E-state index contributed by atoms with van der Waals surface area (Å²) < 4.78 is 21.9. The van der Waals surface area contributed by atoms with E-state index in [-0.39, 0.29) is 31.3 Å². The number of aliphatic hydroxyl groups is 1. The summed E-state index contributed by atoms with van der Waals surface area (Å²) >= 11 is 6.68. The number of aliphatic hydroxyl groups excluding tert-OH is 1. The van der Waals surface area contributed by atoms with E-state index in [2.05, 4.69) is 25.4 Å². The van der Waals surface area contributed by atoms with E-state index in [0.717, 1.165) is 43.1 Å². The van der Waals surface area contributed by atoms with Crippen LogP contribution in [-0.4, -0.2) is 127 Å². The third-order valence-corrected chi connectivity index (χ3v) is 8.79. The van der Waals surface area contributed by atoms with Crippen LogP contribution in [-0.2, 0) is 33.8 Å². The number of likely N-dealkylation sites (N-methyl/N-ethyl adjacent to an activating group) is 1. The number of nitrogens with zero attached hydrogens (tertiary/aromatic N) is 5. The molecule has 43 heavy (non-hydrogen) atoms. The number of fused-ring (bicyclic) bond motifs is 1. The lowest BCUT2D eigenvalue weighted by atomic mass is 9.99. The van der Waals surface area contributed by atoms with Crippen molar-refractivity contribution < 1.29 is 28.5 Å². The molecule has 3 atom stereocenters. The SMILES string of the molecule is CN1C(N2CCOCC2)=NC(NC2COC2)CC1C(=O)NC[C@H](O)CN1CCc2c(ccc(OCc3cnco3)c2Cl)C1. The van der Waals surface area contributed by atoms with E-state index in [1.165, 1.54) is 6.39 Å². The predicted molar refractivity (Wildman–Crippen MR) is 158 cm³/mol. The fraction of sp³-hybridized carbons (Fsp3) is 0.621. The molecule has 0 radical (unpaired) electrons. The fourth-order valence-electron chi connectivity index (χ4n) is 5.93. The first-order chi connectivity index (χ1) is 20.9. The van der Waals surface area contributed by atoms with Gasteiger partial charge in [-0.2, -0.15) is 0 Å². The zero-order chi connectivity index (χ0) is 29.8. The lowest BCUT2D eigenvalue weighted by Crippen LogP contribution is -2.61. The summed E-state index contributed by atoms with van der Waals surface area (Å²) in [5.74, 6) is 1.92. The minimum atomic E-state index is -0.715. The number of morpholine rings is 1. The van der Waals surface area contributed by atoms with Crippen LogP contribution in [0.25, 0.3) is 0 Å². The summed E-state index contributed by atoms with van der Waals surface area (Å²) in [5, 5.41) is 18.0. The van der Waals surface area contributed by atoms with E-state index < -0.39 is 12.1 Å². The maximum absolute atomic E-state index is 13.4. The fourth-order valence-corrected chi connectivity index (χ4v) is 6.26. The van der Waals surface area contributed by atoms with Crippen molar-refractivity contribution in [3.63, 3.8) is 0 Å². The van der Waals surface area contributed by atoms with Crippen LogP contribution < -0.4 is 15.4 Å². The van der Waals surface area contributed by atoms with Crippen molar-refractivity contribution in [1.29, 1.82) is 0 Å². The number of guanidine groups is 1. The van der Waals surface area contributed by atoms with Crippen LogP contribution in [0, 0.1) is 0 Å². The van der Waals surface area contributed by atoms with Gasteiger partial charge < -0.3 is 38.9 Å². The highest BCUT2D eigenvalue weighted by Gasteiger charge is 2.37. The standard InChI is InChI=1S/C29H40ClN7O6/c1-35-24(10-26(33-20-15-41-16-20)34-29(35)37-6-8-40-9-7-37)28(39)32-11-21(38)14-36-5-4-23-19(13-36)2-3-25(27(23)30)42-17-22-12-31-18-43-22/h2-3,12,18,20-21,24,26,33,38H,4-11,13-17H2,1H3,(H,32,39)/t21-,24?,26?/m0/s1. The molecule has 2 fully saturated rings. The topological polar surface area (TPSA) is 137 Å². The average molecular weight is 618 g/mol. The highest BCUT2D eigenvalue weighted by atomic mass is 35.5. The number of carbonyl (C=O) groups excluding carboxylic acids is 1. The molecular formula is C29H40ClN7O6. The number of halogens is 1. The number of hydrogen-bond acceptors (Lipinski definition) is 12. The Labute approximate surface area is 256 Å². The van der Waals surface area contributed by atoms with Crippen molar-refractivity contribution >= 4 is 23.5 Å². The number of benzene rings is 1. The number of β-amino-alcohol motifs (C(OH)–C–C–N with tert-alkyl or cyclic N) is 1. The molecule has 4 aliphatic rings. The number of amides is 1. The van der Waals surface area contributed by atoms with Gasteiger partial charge >= 0.3 is 0 Å². The zero-order valence-electron chi connectivity index (χ0n) is 24.4. The Morgan fingerprint density at radius 1 is 1.23 bits per heavy atom. The lowest BCUT2D eigenvalue weighted by molar-refractivity contribution is -0.126. The first kappa shape index (κ1) is 30.1. The molecular weight excluding hydrogens is 578 g/mol. The summed E-state index contributed by atoms with van der Waals surface area (Å²) in [7, 11) is 1.92. The highest BCUT2D eigenvalue weighted by Crippen LogP contribution is 2.34. The van der Waals surface area contributed by atoms with E-state index in [9.17, 15) is 9.90 Å². The molecule has 0 aliphatic carbocycles. The van der Waals surface area contributed by atoms with Crippen molar-refractivity contribution in [1.82, 2.24) is 30.3 Å². The number of rotatable bonds is 10. The monoisotopic (exact) mass is 617 g/mol. The number of aromatic nitrogens is 1. The number of oxazole rings is 1. The zero-order valence-corrected chi connectivity index (χ0v) is 25.2. The first-order valence-electron chi connectivity index (χ1n) is 14.9. The highest BCUT2D eigenvalue weighted by molar-refractivity contribution is 6.33. The van der Waals surface area contributed by atoms with E-state index in [4.69, 9.17) is 35.2 Å². The van der Waals surface area contributed by atoms with Gasteiger partial charge in [0.1, 0.15) is 24.6 Å². The molecule has 234 valence electrons. The Bertz CT molecular complexity index is 1270. The molecule has 4 aliphatic heterocycles. The van der Waals surface area contributed by atoms with Crippen molar-refractivity contribution in [3.05, 3.63) is 46.6 Å². The van der Waals surface area contributed by atoms with Crippen LogP contribution in [0.2, 0.25) is 5.02 Å². The quantitative estimate of drug-likeness (QED) is 0.343. The van der Waals surface area contributed by atoms with Crippen molar-refractivity contribution in [2.75, 3.05) is 66.2 Å². The molecule has 6 rings (SSSR count). The second-order valence-corrected chi connectivity index (χ2v) is 11.8. The van der Waals surface area contributed by atoms with Crippen molar-refractivity contribution in [2.45, 2.75) is 50.3 Å². The molecule has 3 N–H and O–H groups in total. The minimum absolute atomic E-state index is 0.118. The van der Waals surface area contributed by atoms with Crippen molar-refractivity contribution in [3.8, 4) is 5.75 Å². The molecule has 14 heteroatoms. The van der Waals surface area contributed by atoms with Gasteiger partial charge in [-0.25, -0.2) is 9.98 Å². The molecule has 0 spiro atoms. The third kappa shape index (κ3) is 7.24. The van der Waals surface area contributed by atoms with Gasteiger partial charge in [-0.05, 0) is 23.6 Å². The molecule has 0 saturated carbocycles. The van der Waals surface area contributed by atoms with E-state index in [0.29, 0.717) is 62.5 Å². The van der Waals surface area contributed by atoms with Gasteiger partial charge in [-0.1, -0.05) is 17.7 Å². The van der Waals surface area contributed by atoms with E-state index in [1.54, 1.807) is 6.20 Å². The third-order valence-electron chi connectivity index (χ3n) is 8.37. The van der Waals surface area contributed by atoms with Crippen LogP contribution in [0.4, 0.5) is 0 Å². The van der Waals surface area contributed by atoms with Gasteiger partial charge in [0.2, 0.25) is 5.91 Å². The maximum atomic E-state index is 13.4. The molecule has 5 heterocycles. The van der Waals surface area contributed by atoms with Gasteiger partial charge in [-0.15, -0.1) is 0 Å². The predicted octanol–water partition coefficient (Wildman–Crippen LogP) is 0.449. The smallest absolute Gasteiger partial charge is 0.243 e. The molecule has 1 amide bonds. The second kappa shape index (κ2) is 13.8. The molecule has 13 nitrogen and oxygen atoms in total. The maximum Gasteiger partial charge on any atom is 0.243 e. The first-order valence-corrected chi connectivity index (χ1v) is 15.3. The Morgan fingerprint density at radius 3 is 2.81 bits per heavy atom. The number of hydrogen-bond donors (Lipinski definition) is 3. The average Bonchev–Trinajstić information content (AvgIpc) is 3.52. The van der Waals surface area contributed by atoms with Crippen LogP contribution in [0.1, 0.15) is 23.3 Å². The number of ether oxygens (including phenoxy) is 3. The summed E-state index contributed by atoms with van der Waals surface area (Å²) in [5.41, 5.74) is 2.17. The van der Waals surface area contributed by atoms with E-state index >= 15 is 0 Å². The van der Waals surface area contributed by atoms with Gasteiger partial charge in [0.05, 0.1) is 49.8 Å². The molecule has 1 aromatic carbocycles. The second-order valence-electron chi connectivity index (χ2n) is 11.5. The Hall–Kier alpha value is -2.94. The summed E-state index contributed by atoms with van der Waals surface area (Å²) in [6, 6.07) is 3.72. The summed E-state index contributed by atoms with van der Waals surface area (Å²) in [6.07, 6.45) is 3.36. The molecule has 0 bridgehead atoms. The Morgan fingerprint density at radius 2 is 2.07 bits per heavy atom. The Kier molecular flexibility index (Phi) is 9.65. The normalized spacial score (nSPS) is 23.7.